The molecule has 2 aliphatic rings. The predicted molar refractivity (Wildman–Crippen MR) is 149 cm³/mol. The lowest BCUT2D eigenvalue weighted by Crippen LogP contribution is -2.60. The molecule has 0 radical (unpaired) electrons. The Morgan fingerprint density at radius 2 is 1.81 bits per heavy atom. The van der Waals surface area contributed by atoms with Crippen LogP contribution in [-0.4, -0.2) is 67.7 Å². The number of carbonyl (C=O) groups is 3. The van der Waals surface area contributed by atoms with Gasteiger partial charge in [-0.1, -0.05) is 46.5 Å². The number of rotatable bonds is 5. The number of pyridine rings is 1. The third-order valence-corrected chi connectivity index (χ3v) is 8.20. The van der Waals surface area contributed by atoms with E-state index in [-0.39, 0.29) is 23.8 Å². The van der Waals surface area contributed by atoms with Gasteiger partial charge in [0.1, 0.15) is 23.7 Å². The Morgan fingerprint density at radius 3 is 2.37 bits per heavy atom. The van der Waals surface area contributed by atoms with E-state index in [1.54, 1.807) is 18.3 Å². The minimum Gasteiger partial charge on any atom is -0.378 e. The molecule has 0 bridgehead atoms. The Labute approximate surface area is 247 Å². The number of nitriles is 1. The van der Waals surface area contributed by atoms with E-state index in [0.717, 1.165) is 0 Å². The molecule has 0 spiro atoms. The van der Waals surface area contributed by atoms with Crippen LogP contribution in [0.1, 0.15) is 65.6 Å². The highest BCUT2D eigenvalue weighted by Gasteiger charge is 2.70. The number of hydrogen-bond acceptors (Lipinski definition) is 6. The van der Waals surface area contributed by atoms with Crippen LogP contribution in [0.2, 0.25) is 0 Å². The first-order chi connectivity index (χ1) is 19.7. The molecule has 5 atom stereocenters. The molecule has 5 unspecified atom stereocenters. The van der Waals surface area contributed by atoms with Crippen LogP contribution in [0.15, 0.2) is 24.5 Å². The summed E-state index contributed by atoms with van der Waals surface area (Å²) in [5.74, 6) is 1.53. The van der Waals surface area contributed by atoms with Gasteiger partial charge in [0, 0.05) is 18.3 Å². The Kier molecular flexibility index (Phi) is 7.82. The molecule has 43 heavy (non-hydrogen) atoms. The smallest absolute Gasteiger partial charge is 0.378 e. The quantitative estimate of drug-likeness (QED) is 0.451. The largest absolute Gasteiger partial charge is 0.471 e. The van der Waals surface area contributed by atoms with Crippen LogP contribution in [0.3, 0.4) is 0 Å². The molecule has 13 heteroatoms. The minimum atomic E-state index is -5.19. The van der Waals surface area contributed by atoms with Crippen LogP contribution in [0.4, 0.5) is 13.2 Å². The molecular formula is C30H35F3N6O4. The number of piperidine rings is 1. The highest BCUT2D eigenvalue weighted by Crippen LogP contribution is 2.65. The van der Waals surface area contributed by atoms with Gasteiger partial charge in [-0.25, -0.2) is 4.52 Å². The van der Waals surface area contributed by atoms with E-state index in [0.29, 0.717) is 16.6 Å². The van der Waals surface area contributed by atoms with Crippen LogP contribution in [0.5, 0.6) is 0 Å². The van der Waals surface area contributed by atoms with Gasteiger partial charge in [-0.15, -0.1) is 0 Å². The number of nitrogens with zero attached hydrogens (tertiary/aromatic N) is 4. The summed E-state index contributed by atoms with van der Waals surface area (Å²) in [6.45, 7) is 11.6. The number of aliphatic hydroxyl groups is 1. The molecule has 3 amide bonds. The van der Waals surface area contributed by atoms with Crippen LogP contribution in [0.25, 0.3) is 5.52 Å². The van der Waals surface area contributed by atoms with E-state index in [9.17, 15) is 37.9 Å². The van der Waals surface area contributed by atoms with Crippen molar-refractivity contribution in [2.24, 2.45) is 22.7 Å². The van der Waals surface area contributed by atoms with Crippen molar-refractivity contribution in [3.05, 3.63) is 35.7 Å². The lowest BCUT2D eigenvalue weighted by Gasteiger charge is -2.37. The summed E-state index contributed by atoms with van der Waals surface area (Å²) in [7, 11) is 0. The standard InChI is InChI=1S/C30H35F3N6O4/c1-27(2,3)23(37-26(42)30(31,32)33)25(41)38-15-18-20(29(18,6)7)22(38)24(40)36-19(13-34)17-14-35-39-12-8-9-16(21(17)39)10-11-28(4,5)43/h8-9,12,14,18-20,22-23,43H,15H2,1-7H3,(H,36,40)(H,37,42). The van der Waals surface area contributed by atoms with Crippen LogP contribution in [-0.2, 0) is 14.4 Å². The average molecular weight is 601 g/mol. The van der Waals surface area contributed by atoms with Gasteiger partial charge in [0.25, 0.3) is 0 Å². The first-order valence-corrected chi connectivity index (χ1v) is 13.8. The first kappa shape index (κ1) is 31.8. The number of fused-ring (bicyclic) bond motifs is 2. The molecule has 2 aromatic rings. The van der Waals surface area contributed by atoms with Gasteiger partial charge in [-0.05, 0) is 48.6 Å². The molecule has 1 aliphatic heterocycles. The Hall–Kier alpha value is -4.10. The number of alkyl halides is 3. The summed E-state index contributed by atoms with van der Waals surface area (Å²) < 4.78 is 40.8. The predicted octanol–water partition coefficient (Wildman–Crippen LogP) is 2.71. The van der Waals surface area contributed by atoms with E-state index >= 15 is 0 Å². The van der Waals surface area contributed by atoms with Crippen molar-refractivity contribution in [2.45, 2.75) is 78.4 Å². The summed E-state index contributed by atoms with van der Waals surface area (Å²) >= 11 is 0. The fourth-order valence-electron chi connectivity index (χ4n) is 5.85. The minimum absolute atomic E-state index is 0.0904. The van der Waals surface area contributed by atoms with Crippen molar-refractivity contribution in [3.8, 4) is 17.9 Å². The topological polar surface area (TPSA) is 140 Å². The Balaban J connectivity index is 1.66. The summed E-state index contributed by atoms with van der Waals surface area (Å²) in [6.07, 6.45) is -2.14. The van der Waals surface area contributed by atoms with Gasteiger partial charge in [-0.3, -0.25) is 14.4 Å². The van der Waals surface area contributed by atoms with E-state index in [2.05, 4.69) is 28.3 Å². The maximum Gasteiger partial charge on any atom is 0.471 e. The molecule has 10 nitrogen and oxygen atoms in total. The second kappa shape index (κ2) is 10.6. The third kappa shape index (κ3) is 6.18. The molecular weight excluding hydrogens is 565 g/mol. The number of aromatic nitrogens is 2. The monoisotopic (exact) mass is 600 g/mol. The zero-order chi connectivity index (χ0) is 32.3. The maximum atomic E-state index is 13.9. The lowest BCUT2D eigenvalue weighted by molar-refractivity contribution is -0.176. The van der Waals surface area contributed by atoms with Gasteiger partial charge in [0.05, 0.1) is 23.3 Å². The van der Waals surface area contributed by atoms with Gasteiger partial charge in [-0.2, -0.15) is 23.5 Å². The third-order valence-electron chi connectivity index (χ3n) is 8.20. The summed E-state index contributed by atoms with van der Waals surface area (Å²) in [4.78, 5) is 40.7. The maximum absolute atomic E-state index is 13.9. The normalized spacial score (nSPS) is 22.5. The van der Waals surface area contributed by atoms with Crippen molar-refractivity contribution < 1.29 is 32.7 Å². The van der Waals surface area contributed by atoms with E-state index in [1.165, 1.54) is 50.2 Å². The van der Waals surface area contributed by atoms with Crippen molar-refractivity contribution in [1.29, 1.82) is 5.26 Å². The van der Waals surface area contributed by atoms with E-state index in [1.807, 2.05) is 19.2 Å². The van der Waals surface area contributed by atoms with Crippen molar-refractivity contribution in [2.75, 3.05) is 6.54 Å². The van der Waals surface area contributed by atoms with Crippen molar-refractivity contribution in [3.63, 3.8) is 0 Å². The van der Waals surface area contributed by atoms with Crippen molar-refractivity contribution in [1.82, 2.24) is 25.1 Å². The number of nitrogens with one attached hydrogen (secondary N) is 2. The van der Waals surface area contributed by atoms with E-state index < -0.39 is 53.0 Å². The molecule has 3 N–H and O–H groups in total. The number of hydrogen-bond donors (Lipinski definition) is 3. The summed E-state index contributed by atoms with van der Waals surface area (Å²) in [5.41, 5.74) is -1.47. The molecule has 1 saturated heterocycles. The summed E-state index contributed by atoms with van der Waals surface area (Å²) in [5, 5.41) is 29.0. The molecule has 2 aromatic heterocycles. The second-order valence-corrected chi connectivity index (χ2v) is 13.4. The van der Waals surface area contributed by atoms with E-state index in [4.69, 9.17) is 0 Å². The molecule has 1 aliphatic carbocycles. The van der Waals surface area contributed by atoms with Crippen LogP contribution in [0, 0.1) is 45.8 Å². The zero-order valence-electron chi connectivity index (χ0n) is 25.0. The van der Waals surface area contributed by atoms with Gasteiger partial charge in [0.2, 0.25) is 11.8 Å². The first-order valence-electron chi connectivity index (χ1n) is 13.8. The number of amides is 3. The van der Waals surface area contributed by atoms with Crippen molar-refractivity contribution >= 4 is 23.2 Å². The average Bonchev–Trinajstić information content (AvgIpc) is 3.26. The highest BCUT2D eigenvalue weighted by atomic mass is 19.4. The second-order valence-electron chi connectivity index (χ2n) is 13.4. The zero-order valence-corrected chi connectivity index (χ0v) is 25.0. The molecule has 230 valence electrons. The van der Waals surface area contributed by atoms with Gasteiger partial charge >= 0.3 is 12.1 Å². The molecule has 4 rings (SSSR count). The van der Waals surface area contributed by atoms with Gasteiger partial charge < -0.3 is 20.6 Å². The SMILES string of the molecule is CC(C)(O)C#Cc1cccn2ncc(C(C#N)NC(=O)C3C4C(CN3C(=O)C(NC(=O)C(F)(F)F)C(C)(C)C)C4(C)C)c12. The molecule has 3 heterocycles. The number of halogens is 3. The Morgan fingerprint density at radius 1 is 1.16 bits per heavy atom. The fourth-order valence-corrected chi connectivity index (χ4v) is 5.85. The number of likely N-dealkylation sites (tertiary alicyclic amines) is 1. The fraction of sp³-hybridized carbons (Fsp3) is 0.567. The number of carbonyl (C=O) groups excluding carboxylic acids is 3. The highest BCUT2D eigenvalue weighted by molar-refractivity contribution is 5.95. The Bertz CT molecular complexity index is 1560. The van der Waals surface area contributed by atoms with Crippen LogP contribution < -0.4 is 10.6 Å². The summed E-state index contributed by atoms with van der Waals surface area (Å²) in [6, 6.07) is 1.60. The molecule has 2 fully saturated rings. The molecule has 0 aromatic carbocycles. The van der Waals surface area contributed by atoms with Crippen LogP contribution >= 0.6 is 0 Å². The lowest BCUT2D eigenvalue weighted by atomic mass is 9.85. The molecule has 1 saturated carbocycles. The van der Waals surface area contributed by atoms with Gasteiger partial charge in [0.15, 0.2) is 0 Å².